The second-order valence-corrected chi connectivity index (χ2v) is 7.50. The zero-order chi connectivity index (χ0) is 22.4. The molecule has 2 heterocycles. The van der Waals surface area contributed by atoms with Crippen LogP contribution in [0.2, 0.25) is 0 Å². The first-order chi connectivity index (χ1) is 14.9. The van der Waals surface area contributed by atoms with Crippen LogP contribution in [0, 0.1) is 19.7 Å². The molecule has 7 nitrogen and oxygen atoms in total. The van der Waals surface area contributed by atoms with Crippen LogP contribution in [0.5, 0.6) is 11.5 Å². The van der Waals surface area contributed by atoms with Crippen LogP contribution in [0.15, 0.2) is 47.7 Å². The average molecular weight is 552 g/mol. The van der Waals surface area contributed by atoms with Gasteiger partial charge in [-0.25, -0.2) is 4.39 Å². The summed E-state index contributed by atoms with van der Waals surface area (Å²) in [7, 11) is 3.67. The zero-order valence-electron chi connectivity index (χ0n) is 19.0. The van der Waals surface area contributed by atoms with Crippen molar-refractivity contribution in [1.29, 1.82) is 0 Å². The number of guanidine groups is 1. The molecular weight excluding hydrogens is 522 g/mol. The van der Waals surface area contributed by atoms with Gasteiger partial charge < -0.3 is 15.4 Å². The third kappa shape index (κ3) is 6.65. The van der Waals surface area contributed by atoms with E-state index in [0.29, 0.717) is 18.3 Å². The monoisotopic (exact) mass is 552 g/mol. The topological polar surface area (TPSA) is 76.4 Å². The summed E-state index contributed by atoms with van der Waals surface area (Å²) in [5.74, 6) is 0.879. The molecule has 32 heavy (non-hydrogen) atoms. The van der Waals surface area contributed by atoms with Crippen LogP contribution in [-0.4, -0.2) is 33.8 Å². The molecule has 2 aromatic heterocycles. The molecule has 3 aromatic rings. The molecule has 0 radical (unpaired) electrons. The first-order valence-electron chi connectivity index (χ1n) is 10.2. The van der Waals surface area contributed by atoms with Crippen LogP contribution in [0.4, 0.5) is 4.39 Å². The number of hydrogen-bond donors (Lipinski definition) is 2. The van der Waals surface area contributed by atoms with Gasteiger partial charge in [-0.05, 0) is 62.6 Å². The van der Waals surface area contributed by atoms with E-state index in [1.165, 1.54) is 11.6 Å². The van der Waals surface area contributed by atoms with Gasteiger partial charge in [0.25, 0.3) is 0 Å². The Balaban J connectivity index is 0.00000363. The first kappa shape index (κ1) is 25.6. The maximum absolute atomic E-state index is 14.4. The summed E-state index contributed by atoms with van der Waals surface area (Å²) < 4.78 is 21.9. The van der Waals surface area contributed by atoms with Crippen LogP contribution in [0.3, 0.4) is 0 Å². The lowest BCUT2D eigenvalue weighted by Gasteiger charge is -2.18. The number of nitrogens with one attached hydrogen (secondary N) is 2. The normalized spacial score (nSPS) is 12.1. The lowest BCUT2D eigenvalue weighted by molar-refractivity contribution is 0.440. The molecule has 1 aromatic carbocycles. The summed E-state index contributed by atoms with van der Waals surface area (Å²) in [6.45, 7) is 6.63. The maximum atomic E-state index is 14.4. The molecular formula is C23H30FIN6O. The highest BCUT2D eigenvalue weighted by Crippen LogP contribution is 2.24. The second-order valence-electron chi connectivity index (χ2n) is 7.50. The van der Waals surface area contributed by atoms with Crippen molar-refractivity contribution in [3.8, 4) is 11.5 Å². The summed E-state index contributed by atoms with van der Waals surface area (Å²) in [4.78, 5) is 8.24. The predicted octanol–water partition coefficient (Wildman–Crippen LogP) is 4.28. The molecule has 0 spiro atoms. The predicted molar refractivity (Wildman–Crippen MR) is 135 cm³/mol. The van der Waals surface area contributed by atoms with Crippen molar-refractivity contribution in [2.24, 2.45) is 12.0 Å². The van der Waals surface area contributed by atoms with Crippen molar-refractivity contribution in [3.63, 3.8) is 0 Å². The quantitative estimate of drug-likeness (QED) is 0.260. The molecule has 1 atom stereocenters. The molecule has 2 N–H and O–H groups in total. The molecule has 0 aliphatic carbocycles. The van der Waals surface area contributed by atoms with Crippen molar-refractivity contribution in [2.75, 3.05) is 7.05 Å². The molecule has 3 rings (SSSR count). The Labute approximate surface area is 205 Å². The standard InChI is InChI=1S/C23H29FN6O.HI/c1-15(11-20-16(2)29-30(5)17(20)3)28-23(25-4)27-13-18-8-9-22(21(24)12-18)31-19-7-6-10-26-14-19;/h6-10,12,14-15H,11,13H2,1-5H3,(H2,25,27,28);1H. The van der Waals surface area contributed by atoms with Gasteiger partial charge in [0, 0.05) is 38.6 Å². The van der Waals surface area contributed by atoms with Crippen LogP contribution in [0.1, 0.15) is 29.4 Å². The summed E-state index contributed by atoms with van der Waals surface area (Å²) in [5.41, 5.74) is 4.23. The average Bonchev–Trinajstić information content (AvgIpc) is 2.99. The first-order valence-corrected chi connectivity index (χ1v) is 10.2. The van der Waals surface area contributed by atoms with E-state index >= 15 is 0 Å². The Kier molecular flexibility index (Phi) is 9.42. The van der Waals surface area contributed by atoms with Gasteiger partial charge in [0.2, 0.25) is 0 Å². The van der Waals surface area contributed by atoms with E-state index in [-0.39, 0.29) is 35.8 Å². The Morgan fingerprint density at radius 2 is 2.06 bits per heavy atom. The fourth-order valence-corrected chi connectivity index (χ4v) is 3.36. The van der Waals surface area contributed by atoms with Crippen molar-refractivity contribution in [2.45, 2.75) is 39.8 Å². The summed E-state index contributed by atoms with van der Waals surface area (Å²) in [5, 5.41) is 11.1. The van der Waals surface area contributed by atoms with Gasteiger partial charge in [-0.1, -0.05) is 6.07 Å². The highest BCUT2D eigenvalue weighted by atomic mass is 127. The fourth-order valence-electron chi connectivity index (χ4n) is 3.36. The summed E-state index contributed by atoms with van der Waals surface area (Å²) in [6, 6.07) is 8.51. The third-order valence-electron chi connectivity index (χ3n) is 5.09. The van der Waals surface area contributed by atoms with Crippen molar-refractivity contribution >= 4 is 29.9 Å². The lowest BCUT2D eigenvalue weighted by Crippen LogP contribution is -2.42. The number of rotatable bonds is 7. The largest absolute Gasteiger partial charge is 0.453 e. The number of aliphatic imine (C=N–C) groups is 1. The molecule has 0 saturated heterocycles. The van der Waals surface area contributed by atoms with Crippen LogP contribution in [-0.2, 0) is 20.0 Å². The minimum absolute atomic E-state index is 0. The van der Waals surface area contributed by atoms with Gasteiger partial charge in [0.05, 0.1) is 11.9 Å². The molecule has 1 unspecified atom stereocenters. The number of nitrogens with zero attached hydrogens (tertiary/aromatic N) is 4. The number of ether oxygens (including phenoxy) is 1. The van der Waals surface area contributed by atoms with E-state index < -0.39 is 5.82 Å². The third-order valence-corrected chi connectivity index (χ3v) is 5.09. The van der Waals surface area contributed by atoms with E-state index in [1.54, 1.807) is 37.6 Å². The molecule has 9 heteroatoms. The lowest BCUT2D eigenvalue weighted by atomic mass is 10.1. The van der Waals surface area contributed by atoms with E-state index in [9.17, 15) is 4.39 Å². The number of pyridine rings is 1. The van der Waals surface area contributed by atoms with Gasteiger partial charge in [-0.3, -0.25) is 14.7 Å². The summed E-state index contributed by atoms with van der Waals surface area (Å²) in [6.07, 6.45) is 4.01. The number of aromatic nitrogens is 3. The molecule has 0 saturated carbocycles. The number of aryl methyl sites for hydroxylation is 2. The highest BCUT2D eigenvalue weighted by molar-refractivity contribution is 14.0. The fraction of sp³-hybridized carbons (Fsp3) is 0.348. The molecule has 0 aliphatic heterocycles. The molecule has 172 valence electrons. The number of hydrogen-bond acceptors (Lipinski definition) is 4. The van der Waals surface area contributed by atoms with Crippen LogP contribution in [0.25, 0.3) is 0 Å². The van der Waals surface area contributed by atoms with E-state index in [1.807, 2.05) is 24.7 Å². The second kappa shape index (κ2) is 11.8. The van der Waals surface area contributed by atoms with Gasteiger partial charge in [-0.2, -0.15) is 5.10 Å². The number of benzene rings is 1. The van der Waals surface area contributed by atoms with Gasteiger partial charge >= 0.3 is 0 Å². The molecule has 0 fully saturated rings. The van der Waals surface area contributed by atoms with Gasteiger partial charge in [0.1, 0.15) is 5.75 Å². The minimum Gasteiger partial charge on any atom is -0.453 e. The van der Waals surface area contributed by atoms with E-state index in [2.05, 4.69) is 39.6 Å². The number of halogens is 2. The van der Waals surface area contributed by atoms with Gasteiger partial charge in [0.15, 0.2) is 17.5 Å². The SMILES string of the molecule is CN=C(NCc1ccc(Oc2cccnc2)c(F)c1)NC(C)Cc1c(C)nn(C)c1C.I. The highest BCUT2D eigenvalue weighted by Gasteiger charge is 2.14. The molecule has 0 amide bonds. The van der Waals surface area contributed by atoms with Crippen LogP contribution < -0.4 is 15.4 Å². The molecule has 0 aliphatic rings. The van der Waals surface area contributed by atoms with Crippen molar-refractivity contribution in [3.05, 3.63) is 71.1 Å². The van der Waals surface area contributed by atoms with Crippen molar-refractivity contribution in [1.82, 2.24) is 25.4 Å². The molecule has 0 bridgehead atoms. The van der Waals surface area contributed by atoms with Crippen molar-refractivity contribution < 1.29 is 9.13 Å². The smallest absolute Gasteiger partial charge is 0.191 e. The van der Waals surface area contributed by atoms with E-state index in [0.717, 1.165) is 23.4 Å². The Morgan fingerprint density at radius 3 is 2.66 bits per heavy atom. The Hall–Kier alpha value is -2.69. The Morgan fingerprint density at radius 1 is 1.28 bits per heavy atom. The van der Waals surface area contributed by atoms with Gasteiger partial charge in [-0.15, -0.1) is 24.0 Å². The van der Waals surface area contributed by atoms with Crippen LogP contribution >= 0.6 is 24.0 Å². The Bertz CT molecular complexity index is 1050. The zero-order valence-corrected chi connectivity index (χ0v) is 21.3. The van der Waals surface area contributed by atoms with E-state index in [4.69, 9.17) is 4.74 Å². The summed E-state index contributed by atoms with van der Waals surface area (Å²) >= 11 is 0. The maximum Gasteiger partial charge on any atom is 0.191 e. The minimum atomic E-state index is -0.429.